The molecular weight excluding hydrogens is 362 g/mol. The summed E-state index contributed by atoms with van der Waals surface area (Å²) in [5.41, 5.74) is 1.87. The Balaban J connectivity index is 1.69. The number of amides is 1. The van der Waals surface area contributed by atoms with E-state index in [4.69, 9.17) is 4.42 Å². The van der Waals surface area contributed by atoms with Crippen LogP contribution in [-0.2, 0) is 11.2 Å². The minimum absolute atomic E-state index is 0.0456. The number of benzene rings is 1. The van der Waals surface area contributed by atoms with Crippen molar-refractivity contribution in [1.82, 2.24) is 14.9 Å². The molecule has 27 heavy (non-hydrogen) atoms. The molecule has 0 bridgehead atoms. The van der Waals surface area contributed by atoms with Crippen molar-refractivity contribution in [3.05, 3.63) is 57.7 Å². The minimum atomic E-state index is -0.193. The fraction of sp³-hybridized carbons (Fsp3) is 0.350. The van der Waals surface area contributed by atoms with Crippen LogP contribution >= 0.6 is 11.8 Å². The van der Waals surface area contributed by atoms with E-state index in [-0.39, 0.29) is 23.9 Å². The molecule has 2 heterocycles. The second-order valence-electron chi connectivity index (χ2n) is 6.51. The molecule has 0 saturated heterocycles. The molecule has 6 nitrogen and oxygen atoms in total. The van der Waals surface area contributed by atoms with E-state index < -0.39 is 0 Å². The van der Waals surface area contributed by atoms with Crippen molar-refractivity contribution < 1.29 is 9.21 Å². The van der Waals surface area contributed by atoms with Crippen LogP contribution in [0.3, 0.4) is 0 Å². The van der Waals surface area contributed by atoms with E-state index in [1.807, 2.05) is 43.5 Å². The smallest absolute Gasteiger partial charge is 0.254 e. The Labute approximate surface area is 162 Å². The fourth-order valence-corrected chi connectivity index (χ4v) is 3.42. The van der Waals surface area contributed by atoms with Crippen LogP contribution in [0.4, 0.5) is 0 Å². The van der Waals surface area contributed by atoms with Crippen molar-refractivity contribution in [1.29, 1.82) is 0 Å². The summed E-state index contributed by atoms with van der Waals surface area (Å²) in [6.07, 6.45) is 2.46. The summed E-state index contributed by atoms with van der Waals surface area (Å²) in [5, 5.41) is 1.60. The van der Waals surface area contributed by atoms with Crippen LogP contribution in [0.15, 0.2) is 44.7 Å². The van der Waals surface area contributed by atoms with Crippen molar-refractivity contribution in [2.45, 2.75) is 37.9 Å². The Kier molecular flexibility index (Phi) is 5.70. The molecule has 0 saturated carbocycles. The number of thioether (sulfide) groups is 1. The van der Waals surface area contributed by atoms with Crippen molar-refractivity contribution in [2.75, 3.05) is 13.3 Å². The first-order valence-corrected chi connectivity index (χ1v) is 10.0. The molecule has 1 N–H and O–H groups in total. The van der Waals surface area contributed by atoms with E-state index in [2.05, 4.69) is 9.97 Å². The number of nitrogens with one attached hydrogen (secondary N) is 1. The van der Waals surface area contributed by atoms with Crippen LogP contribution in [0.2, 0.25) is 0 Å². The van der Waals surface area contributed by atoms with E-state index in [0.717, 1.165) is 16.7 Å². The van der Waals surface area contributed by atoms with Gasteiger partial charge in [0.05, 0.1) is 6.04 Å². The van der Waals surface area contributed by atoms with Gasteiger partial charge in [0.1, 0.15) is 11.3 Å². The second-order valence-corrected chi connectivity index (χ2v) is 7.30. The van der Waals surface area contributed by atoms with E-state index >= 15 is 0 Å². The van der Waals surface area contributed by atoms with Gasteiger partial charge in [-0.3, -0.25) is 9.59 Å². The molecule has 3 aromatic rings. The van der Waals surface area contributed by atoms with Gasteiger partial charge in [-0.05, 0) is 38.7 Å². The largest absolute Gasteiger partial charge is 0.459 e. The van der Waals surface area contributed by atoms with Crippen molar-refractivity contribution >= 4 is 28.6 Å². The fourth-order valence-electron chi connectivity index (χ4n) is 3.00. The van der Waals surface area contributed by atoms with Gasteiger partial charge < -0.3 is 14.3 Å². The summed E-state index contributed by atoms with van der Waals surface area (Å²) in [5.74, 6) is 0.697. The number of carbonyl (C=O) groups is 1. The summed E-state index contributed by atoms with van der Waals surface area (Å²) in [6, 6.07) is 9.54. The van der Waals surface area contributed by atoms with E-state index in [9.17, 15) is 9.59 Å². The average Bonchev–Trinajstić information content (AvgIpc) is 3.09. The molecule has 1 atom stereocenters. The molecule has 3 rings (SSSR count). The number of aryl methyl sites for hydroxylation is 1. The molecule has 0 radical (unpaired) electrons. The van der Waals surface area contributed by atoms with Gasteiger partial charge in [-0.15, -0.1) is 0 Å². The first-order valence-electron chi connectivity index (χ1n) is 8.78. The van der Waals surface area contributed by atoms with Crippen molar-refractivity contribution in [3.8, 4) is 0 Å². The number of aromatic amines is 1. The lowest BCUT2D eigenvalue weighted by molar-refractivity contribution is -0.132. The van der Waals surface area contributed by atoms with Gasteiger partial charge in [-0.1, -0.05) is 30.0 Å². The Morgan fingerprint density at radius 3 is 2.78 bits per heavy atom. The summed E-state index contributed by atoms with van der Waals surface area (Å²) in [4.78, 5) is 33.6. The summed E-state index contributed by atoms with van der Waals surface area (Å²) >= 11 is 1.39. The Morgan fingerprint density at radius 2 is 2.11 bits per heavy atom. The Morgan fingerprint density at radius 1 is 1.37 bits per heavy atom. The minimum Gasteiger partial charge on any atom is -0.459 e. The zero-order chi connectivity index (χ0) is 19.6. The molecule has 1 unspecified atom stereocenters. The van der Waals surface area contributed by atoms with Crippen LogP contribution in [0.5, 0.6) is 0 Å². The molecular formula is C20H23N3O3S. The van der Waals surface area contributed by atoms with Gasteiger partial charge in [-0.2, -0.15) is 0 Å². The number of rotatable bonds is 6. The van der Waals surface area contributed by atoms with E-state index in [1.54, 1.807) is 18.9 Å². The molecule has 0 aliphatic carbocycles. The van der Waals surface area contributed by atoms with Gasteiger partial charge in [-0.25, -0.2) is 4.98 Å². The molecule has 2 aromatic heterocycles. The number of fused-ring (bicyclic) bond motifs is 1. The van der Waals surface area contributed by atoms with E-state index in [0.29, 0.717) is 22.8 Å². The van der Waals surface area contributed by atoms with E-state index in [1.165, 1.54) is 11.8 Å². The second kappa shape index (κ2) is 8.00. The third-order valence-corrected chi connectivity index (χ3v) is 5.39. The van der Waals surface area contributed by atoms with Gasteiger partial charge in [0.15, 0.2) is 5.16 Å². The van der Waals surface area contributed by atoms with Gasteiger partial charge >= 0.3 is 0 Å². The monoisotopic (exact) mass is 385 g/mol. The quantitative estimate of drug-likeness (QED) is 0.517. The third kappa shape index (κ3) is 4.08. The predicted molar refractivity (Wildman–Crippen MR) is 107 cm³/mol. The number of aromatic nitrogens is 2. The number of carbonyl (C=O) groups excluding carboxylic acids is 1. The van der Waals surface area contributed by atoms with Gasteiger partial charge in [0.25, 0.3) is 5.56 Å². The number of H-pyrrole nitrogens is 1. The predicted octanol–water partition coefficient (Wildman–Crippen LogP) is 3.70. The van der Waals surface area contributed by atoms with Crippen molar-refractivity contribution in [3.63, 3.8) is 0 Å². The molecule has 1 amide bonds. The van der Waals surface area contributed by atoms with Crippen molar-refractivity contribution in [2.24, 2.45) is 0 Å². The number of hydrogen-bond acceptors (Lipinski definition) is 5. The first kappa shape index (κ1) is 19.2. The van der Waals surface area contributed by atoms with Crippen LogP contribution < -0.4 is 5.56 Å². The van der Waals surface area contributed by atoms with Crippen LogP contribution in [-0.4, -0.2) is 34.1 Å². The zero-order valence-corrected chi connectivity index (χ0v) is 16.7. The lowest BCUT2D eigenvalue weighted by atomic mass is 10.1. The average molecular weight is 385 g/mol. The lowest BCUT2D eigenvalue weighted by Gasteiger charge is -2.23. The molecule has 7 heteroatoms. The number of nitrogens with zero attached hydrogens (tertiary/aromatic N) is 2. The molecule has 0 spiro atoms. The number of para-hydroxylation sites is 1. The molecule has 0 aliphatic heterocycles. The molecule has 1 aromatic carbocycles. The van der Waals surface area contributed by atoms with Crippen LogP contribution in [0.25, 0.3) is 11.0 Å². The topological polar surface area (TPSA) is 79.2 Å². The normalized spacial score (nSPS) is 12.3. The Bertz CT molecular complexity index is 992. The highest BCUT2D eigenvalue weighted by Gasteiger charge is 2.21. The van der Waals surface area contributed by atoms with Gasteiger partial charge in [0.2, 0.25) is 5.91 Å². The summed E-state index contributed by atoms with van der Waals surface area (Å²) in [7, 11) is 1.76. The maximum Gasteiger partial charge on any atom is 0.254 e. The van der Waals surface area contributed by atoms with Crippen LogP contribution in [0, 0.1) is 6.92 Å². The standard InChI is InChI=1S/C20H23N3O3S/c1-12-15(19(25)22-20(21-12)27-4)9-10-18(24)23(3)13(2)17-11-14-7-5-6-8-16(14)26-17/h5-8,11,13H,9-10H2,1-4H3,(H,21,22,25). The Hall–Kier alpha value is -2.54. The molecule has 0 aliphatic rings. The first-order chi connectivity index (χ1) is 12.9. The highest BCUT2D eigenvalue weighted by molar-refractivity contribution is 7.98. The summed E-state index contributed by atoms with van der Waals surface area (Å²) < 4.78 is 5.87. The maximum atomic E-state index is 12.6. The SMILES string of the molecule is CSc1nc(C)c(CCC(=O)N(C)C(C)c2cc3ccccc3o2)c(=O)[nH]1. The van der Waals surface area contributed by atoms with Gasteiger partial charge in [0, 0.05) is 30.1 Å². The molecule has 142 valence electrons. The highest BCUT2D eigenvalue weighted by Crippen LogP contribution is 2.27. The third-order valence-electron chi connectivity index (χ3n) is 4.81. The number of hydrogen-bond donors (Lipinski definition) is 1. The zero-order valence-electron chi connectivity index (χ0n) is 15.9. The highest BCUT2D eigenvalue weighted by atomic mass is 32.2. The maximum absolute atomic E-state index is 12.6. The lowest BCUT2D eigenvalue weighted by Crippen LogP contribution is -2.30. The number of furan rings is 1. The van der Waals surface area contributed by atoms with Crippen LogP contribution in [0.1, 0.15) is 36.4 Å². The molecule has 0 fully saturated rings. The summed E-state index contributed by atoms with van der Waals surface area (Å²) in [6.45, 7) is 3.73.